The Hall–Kier alpha value is -3.61. The van der Waals surface area contributed by atoms with Crippen molar-refractivity contribution in [2.45, 2.75) is 12.8 Å². The zero-order chi connectivity index (χ0) is 22.7. The molecule has 2 atom stereocenters. The number of carbonyl (C=O) groups is 3. The van der Waals surface area contributed by atoms with Crippen LogP contribution in [0, 0.1) is 11.8 Å². The lowest BCUT2D eigenvalue weighted by Crippen LogP contribution is -2.29. The molecule has 2 amide bonds. The quantitative estimate of drug-likeness (QED) is 0.681. The summed E-state index contributed by atoms with van der Waals surface area (Å²) in [6, 6.07) is 16.3. The summed E-state index contributed by atoms with van der Waals surface area (Å²) in [7, 11) is 0. The zero-order valence-corrected chi connectivity index (χ0v) is 17.9. The molecule has 166 valence electrons. The molecule has 7 nitrogen and oxygen atoms in total. The normalized spacial score (nSPS) is 19.6. The van der Waals surface area contributed by atoms with Gasteiger partial charge in [0.15, 0.2) is 0 Å². The van der Waals surface area contributed by atoms with E-state index in [2.05, 4.69) is 29.6 Å². The maximum atomic E-state index is 12.2. The second kappa shape index (κ2) is 9.26. The molecular weight excluding hydrogens is 408 g/mol. The third kappa shape index (κ3) is 4.37. The lowest BCUT2D eigenvalue weighted by Gasteiger charge is -2.14. The van der Waals surface area contributed by atoms with Gasteiger partial charge < -0.3 is 20.1 Å². The van der Waals surface area contributed by atoms with Crippen molar-refractivity contribution in [2.24, 2.45) is 11.8 Å². The number of likely N-dealkylation sites (tertiary alicyclic amines) is 1. The van der Waals surface area contributed by atoms with Gasteiger partial charge in [0.25, 0.3) is 0 Å². The second-order valence-corrected chi connectivity index (χ2v) is 8.27. The summed E-state index contributed by atoms with van der Waals surface area (Å²) in [6.07, 6.45) is 2.35. The van der Waals surface area contributed by atoms with Gasteiger partial charge in [-0.05, 0) is 28.2 Å². The summed E-state index contributed by atoms with van der Waals surface area (Å²) >= 11 is 0. The Bertz CT molecular complexity index is 1020. The average Bonchev–Trinajstić information content (AvgIpc) is 3.33. The maximum absolute atomic E-state index is 12.2. The Labute approximate surface area is 186 Å². The van der Waals surface area contributed by atoms with Crippen LogP contribution in [0.1, 0.15) is 24.0 Å². The van der Waals surface area contributed by atoms with Gasteiger partial charge in [-0.3, -0.25) is 9.59 Å². The molecular formula is C25H26N2O5. The minimum Gasteiger partial charge on any atom is -0.481 e. The first-order valence-corrected chi connectivity index (χ1v) is 10.7. The molecule has 2 aromatic carbocycles. The van der Waals surface area contributed by atoms with E-state index >= 15 is 0 Å². The Morgan fingerprint density at radius 2 is 1.69 bits per heavy atom. The van der Waals surface area contributed by atoms with Gasteiger partial charge in [-0.2, -0.15) is 0 Å². The van der Waals surface area contributed by atoms with E-state index < -0.39 is 18.0 Å². The minimum absolute atomic E-state index is 0.00962. The second-order valence-electron chi connectivity index (χ2n) is 8.27. The average molecular weight is 434 g/mol. The highest BCUT2D eigenvalue weighted by Gasteiger charge is 2.36. The predicted molar refractivity (Wildman–Crippen MR) is 119 cm³/mol. The summed E-state index contributed by atoms with van der Waals surface area (Å²) in [5.41, 5.74) is 4.62. The molecule has 2 N–H and O–H groups in total. The largest absolute Gasteiger partial charge is 0.481 e. The van der Waals surface area contributed by atoms with Crippen LogP contribution >= 0.6 is 0 Å². The van der Waals surface area contributed by atoms with E-state index in [9.17, 15) is 19.5 Å². The van der Waals surface area contributed by atoms with Crippen LogP contribution in [0.2, 0.25) is 0 Å². The van der Waals surface area contributed by atoms with Gasteiger partial charge in [0, 0.05) is 31.6 Å². The number of alkyl carbamates (subject to hydrolysis) is 1. The summed E-state index contributed by atoms with van der Waals surface area (Å²) in [6.45, 7) is 2.83. The molecule has 32 heavy (non-hydrogen) atoms. The van der Waals surface area contributed by atoms with Crippen molar-refractivity contribution in [3.05, 3.63) is 71.8 Å². The maximum Gasteiger partial charge on any atom is 0.407 e. The highest BCUT2D eigenvalue weighted by Crippen LogP contribution is 2.44. The molecule has 2 unspecified atom stereocenters. The Morgan fingerprint density at radius 1 is 1.06 bits per heavy atom. The van der Waals surface area contributed by atoms with E-state index in [4.69, 9.17) is 4.74 Å². The van der Waals surface area contributed by atoms with Crippen molar-refractivity contribution in [3.63, 3.8) is 0 Å². The molecule has 1 saturated heterocycles. The first kappa shape index (κ1) is 21.6. The first-order valence-electron chi connectivity index (χ1n) is 10.7. The molecule has 1 aliphatic carbocycles. The number of carboxylic acids is 1. The standard InChI is InChI=1S/C25H26N2O5/c1-16-13-27(14-21(16)24(29)30)23(28)11-6-12-26-25(31)32-15-22-19-9-4-2-7-17(19)18-8-3-5-10-20(18)22/h2-11,16,21-22H,12-15H2,1H3,(H,26,31)(H,29,30)/b11-6+. The van der Waals surface area contributed by atoms with Crippen molar-refractivity contribution < 1.29 is 24.2 Å². The van der Waals surface area contributed by atoms with E-state index in [0.717, 1.165) is 11.1 Å². The minimum atomic E-state index is -0.881. The van der Waals surface area contributed by atoms with Crippen LogP contribution in [0.25, 0.3) is 11.1 Å². The van der Waals surface area contributed by atoms with E-state index in [-0.39, 0.29) is 37.4 Å². The van der Waals surface area contributed by atoms with Crippen LogP contribution in [-0.2, 0) is 14.3 Å². The molecule has 7 heteroatoms. The molecule has 1 aliphatic heterocycles. The van der Waals surface area contributed by atoms with Gasteiger partial charge in [-0.25, -0.2) is 4.79 Å². The van der Waals surface area contributed by atoms with Crippen LogP contribution < -0.4 is 5.32 Å². The van der Waals surface area contributed by atoms with Gasteiger partial charge in [0.2, 0.25) is 5.91 Å². The topological polar surface area (TPSA) is 95.9 Å². The number of ether oxygens (including phenoxy) is 1. The van der Waals surface area contributed by atoms with Crippen molar-refractivity contribution in [1.82, 2.24) is 10.2 Å². The number of benzene rings is 2. The molecule has 4 rings (SSSR count). The van der Waals surface area contributed by atoms with Crippen molar-refractivity contribution >= 4 is 18.0 Å². The van der Waals surface area contributed by atoms with E-state index in [1.165, 1.54) is 22.1 Å². The monoisotopic (exact) mass is 434 g/mol. The molecule has 2 aliphatic rings. The number of rotatable bonds is 6. The number of carboxylic acid groups (broad SMARTS) is 1. The molecule has 0 aromatic heterocycles. The van der Waals surface area contributed by atoms with Gasteiger partial charge in [-0.15, -0.1) is 0 Å². The van der Waals surface area contributed by atoms with Crippen LogP contribution in [0.3, 0.4) is 0 Å². The Balaban J connectivity index is 1.26. The van der Waals surface area contributed by atoms with Crippen molar-refractivity contribution in [2.75, 3.05) is 26.2 Å². The first-order chi connectivity index (χ1) is 15.5. The summed E-state index contributed by atoms with van der Waals surface area (Å²) in [5, 5.41) is 11.8. The zero-order valence-electron chi connectivity index (χ0n) is 17.9. The SMILES string of the molecule is CC1CN(C(=O)/C=C/CNC(=O)OCC2c3ccccc3-c3ccccc32)CC1C(=O)O. The Morgan fingerprint density at radius 3 is 2.28 bits per heavy atom. The van der Waals surface area contributed by atoms with E-state index in [1.807, 2.05) is 31.2 Å². The molecule has 0 radical (unpaired) electrons. The molecule has 1 fully saturated rings. The smallest absolute Gasteiger partial charge is 0.407 e. The number of nitrogens with zero attached hydrogens (tertiary/aromatic N) is 1. The number of amides is 2. The molecule has 0 bridgehead atoms. The highest BCUT2D eigenvalue weighted by molar-refractivity contribution is 5.88. The molecule has 0 saturated carbocycles. The fraction of sp³-hybridized carbons (Fsp3) is 0.320. The lowest BCUT2D eigenvalue weighted by molar-refractivity contribution is -0.142. The van der Waals surface area contributed by atoms with Crippen LogP contribution in [0.15, 0.2) is 60.7 Å². The predicted octanol–water partition coefficient (Wildman–Crippen LogP) is 3.26. The number of hydrogen-bond donors (Lipinski definition) is 2. The fourth-order valence-electron chi connectivity index (χ4n) is 4.53. The van der Waals surface area contributed by atoms with Crippen LogP contribution in [0.5, 0.6) is 0 Å². The van der Waals surface area contributed by atoms with Gasteiger partial charge in [0.05, 0.1) is 5.92 Å². The fourth-order valence-corrected chi connectivity index (χ4v) is 4.53. The molecule has 1 heterocycles. The van der Waals surface area contributed by atoms with Crippen LogP contribution in [-0.4, -0.2) is 54.2 Å². The third-order valence-electron chi connectivity index (χ3n) is 6.21. The number of carbonyl (C=O) groups excluding carboxylic acids is 2. The highest BCUT2D eigenvalue weighted by atomic mass is 16.5. The lowest BCUT2D eigenvalue weighted by atomic mass is 9.98. The number of nitrogens with one attached hydrogen (secondary N) is 1. The molecule has 2 aromatic rings. The van der Waals surface area contributed by atoms with Gasteiger partial charge >= 0.3 is 12.1 Å². The molecule has 0 spiro atoms. The Kier molecular flexibility index (Phi) is 6.25. The van der Waals surface area contributed by atoms with E-state index in [1.54, 1.807) is 6.08 Å². The summed E-state index contributed by atoms with van der Waals surface area (Å²) in [4.78, 5) is 37.1. The third-order valence-corrected chi connectivity index (χ3v) is 6.21. The van der Waals surface area contributed by atoms with Gasteiger partial charge in [0.1, 0.15) is 6.61 Å². The number of fused-ring (bicyclic) bond motifs is 3. The number of aliphatic carboxylic acids is 1. The van der Waals surface area contributed by atoms with Gasteiger partial charge in [-0.1, -0.05) is 61.5 Å². The summed E-state index contributed by atoms with van der Waals surface area (Å²) in [5.74, 6) is -1.76. The van der Waals surface area contributed by atoms with Crippen LogP contribution in [0.4, 0.5) is 4.79 Å². The van der Waals surface area contributed by atoms with E-state index in [0.29, 0.717) is 6.54 Å². The van der Waals surface area contributed by atoms with Crippen molar-refractivity contribution in [3.8, 4) is 11.1 Å². The number of hydrogen-bond acceptors (Lipinski definition) is 4. The summed E-state index contributed by atoms with van der Waals surface area (Å²) < 4.78 is 5.46. The van der Waals surface area contributed by atoms with Crippen molar-refractivity contribution in [1.29, 1.82) is 0 Å².